The van der Waals surface area contributed by atoms with Gasteiger partial charge in [0.25, 0.3) is 5.91 Å². The van der Waals surface area contributed by atoms with Gasteiger partial charge in [-0.15, -0.1) is 0 Å². The van der Waals surface area contributed by atoms with Crippen molar-refractivity contribution in [3.05, 3.63) is 59.0 Å². The predicted molar refractivity (Wildman–Crippen MR) is 127 cm³/mol. The maximum Gasteiger partial charge on any atom is 0.251 e. The lowest BCUT2D eigenvalue weighted by atomic mass is 10.1. The normalized spacial score (nSPS) is 15.9. The maximum atomic E-state index is 12.3. The van der Waals surface area contributed by atoms with E-state index >= 15 is 0 Å². The Labute approximate surface area is 199 Å². The van der Waals surface area contributed by atoms with Gasteiger partial charge in [-0.1, -0.05) is 5.92 Å². The third-order valence-corrected chi connectivity index (χ3v) is 5.51. The summed E-state index contributed by atoms with van der Waals surface area (Å²) in [6, 6.07) is 9.06. The zero-order valence-corrected chi connectivity index (χ0v) is 19.4. The summed E-state index contributed by atoms with van der Waals surface area (Å²) in [5.74, 6) is 11.6. The third-order valence-electron chi connectivity index (χ3n) is 5.51. The van der Waals surface area contributed by atoms with E-state index in [0.717, 1.165) is 38.5 Å². The lowest BCUT2D eigenvalue weighted by molar-refractivity contribution is -0.125. The number of furan rings is 1. The fourth-order valence-corrected chi connectivity index (χ4v) is 3.45. The first-order chi connectivity index (χ1) is 16.4. The number of benzene rings is 1. The predicted octanol–water partition coefficient (Wildman–Crippen LogP) is 0.471. The number of hydrogen-bond donors (Lipinski definition) is 3. The molecule has 3 rings (SSSR count). The first-order valence-electron chi connectivity index (χ1n) is 11.1. The van der Waals surface area contributed by atoms with E-state index < -0.39 is 30.4 Å². The van der Waals surface area contributed by atoms with Crippen molar-refractivity contribution in [3.8, 4) is 23.7 Å². The highest BCUT2D eigenvalue weighted by Crippen LogP contribution is 2.11. The minimum absolute atomic E-state index is 0.302. The average molecular weight is 464 g/mol. The molecule has 2 heterocycles. The summed E-state index contributed by atoms with van der Waals surface area (Å²) in [4.78, 5) is 28.6. The molecular weight excluding hydrogens is 434 g/mol. The van der Waals surface area contributed by atoms with E-state index in [2.05, 4.69) is 45.8 Å². The van der Waals surface area contributed by atoms with Crippen molar-refractivity contribution >= 4 is 11.7 Å². The first-order valence-corrected chi connectivity index (χ1v) is 11.1. The van der Waals surface area contributed by atoms with Gasteiger partial charge in [0.2, 0.25) is 0 Å². The number of nitrogens with one attached hydrogen (secondary N) is 1. The van der Waals surface area contributed by atoms with E-state index in [1.165, 1.54) is 6.92 Å². The first kappa shape index (κ1) is 25.2. The lowest BCUT2D eigenvalue weighted by Gasteiger charge is -2.31. The smallest absolute Gasteiger partial charge is 0.251 e. The van der Waals surface area contributed by atoms with Crippen molar-refractivity contribution < 1.29 is 24.2 Å². The van der Waals surface area contributed by atoms with E-state index in [4.69, 9.17) is 9.52 Å². The van der Waals surface area contributed by atoms with Crippen molar-refractivity contribution in [3.63, 3.8) is 0 Å². The number of aliphatic hydroxyl groups is 2. The number of ketones is 1. The Morgan fingerprint density at radius 1 is 1.06 bits per heavy atom. The van der Waals surface area contributed by atoms with Crippen LogP contribution in [0.3, 0.4) is 0 Å². The fourth-order valence-electron chi connectivity index (χ4n) is 3.45. The summed E-state index contributed by atoms with van der Waals surface area (Å²) >= 11 is 0. The highest BCUT2D eigenvalue weighted by Gasteiger charge is 2.25. The van der Waals surface area contributed by atoms with Gasteiger partial charge in [0.05, 0.1) is 12.6 Å². The topological polar surface area (TPSA) is 106 Å². The van der Waals surface area contributed by atoms with Crippen LogP contribution in [0.1, 0.15) is 34.4 Å². The molecule has 178 valence electrons. The molecule has 1 saturated heterocycles. The van der Waals surface area contributed by atoms with Crippen LogP contribution in [0.25, 0.3) is 0 Å². The molecule has 8 heteroatoms. The lowest BCUT2D eigenvalue weighted by Crippen LogP contribution is -2.48. The number of hydrogen-bond acceptors (Lipinski definition) is 7. The molecule has 0 bridgehead atoms. The van der Waals surface area contributed by atoms with Gasteiger partial charge in [-0.25, -0.2) is 0 Å². The second-order valence-electron chi connectivity index (χ2n) is 8.24. The Morgan fingerprint density at radius 2 is 1.74 bits per heavy atom. The minimum Gasteiger partial charge on any atom is -0.451 e. The van der Waals surface area contributed by atoms with Gasteiger partial charge >= 0.3 is 0 Å². The average Bonchev–Trinajstić information content (AvgIpc) is 3.28. The molecule has 1 fully saturated rings. The molecule has 1 aliphatic rings. The Bertz CT molecular complexity index is 1110. The quantitative estimate of drug-likeness (QED) is 0.513. The number of carbonyl (C=O) groups is 2. The van der Waals surface area contributed by atoms with Gasteiger partial charge in [-0.2, -0.15) is 0 Å². The number of carbonyl (C=O) groups excluding carboxylic acids is 2. The van der Waals surface area contributed by atoms with Crippen LogP contribution in [0.5, 0.6) is 0 Å². The number of rotatable bonds is 7. The summed E-state index contributed by atoms with van der Waals surface area (Å²) in [5, 5.41) is 21.1. The van der Waals surface area contributed by atoms with E-state index in [0.29, 0.717) is 16.9 Å². The maximum absolute atomic E-state index is 12.3. The van der Waals surface area contributed by atoms with Crippen LogP contribution in [0, 0.1) is 23.7 Å². The number of nitrogens with zero attached hydrogens (tertiary/aromatic N) is 2. The van der Waals surface area contributed by atoms with Crippen molar-refractivity contribution in [1.82, 2.24) is 15.1 Å². The van der Waals surface area contributed by atoms with Crippen LogP contribution in [0.2, 0.25) is 0 Å². The fraction of sp³-hybridized carbons (Fsp3) is 0.385. The number of likely N-dealkylation sites (N-methyl/N-ethyl adjacent to an activating group) is 1. The van der Waals surface area contributed by atoms with E-state index in [1.807, 2.05) is 12.1 Å². The molecule has 0 saturated carbocycles. The summed E-state index contributed by atoms with van der Waals surface area (Å²) in [5.41, 5.74) is 0.969. The minimum atomic E-state index is -1.17. The van der Waals surface area contributed by atoms with Crippen LogP contribution in [-0.4, -0.2) is 83.7 Å². The Kier molecular flexibility index (Phi) is 9.03. The molecule has 34 heavy (non-hydrogen) atoms. The van der Waals surface area contributed by atoms with Crippen LogP contribution in [0.4, 0.5) is 0 Å². The molecule has 1 amide bonds. The molecule has 0 unspecified atom stereocenters. The zero-order valence-electron chi connectivity index (χ0n) is 19.4. The number of aliphatic hydroxyl groups excluding tert-OH is 2. The highest BCUT2D eigenvalue weighted by molar-refractivity contribution is 5.98. The SMILES string of the molecule is C[C@@H](O)[C@H](NC(=O)c1ccc(C#CC#Cc2ccc(CN3CCN(C)CC3)o2)cc1)C(=O)CO. The molecule has 1 aromatic carbocycles. The summed E-state index contributed by atoms with van der Waals surface area (Å²) < 4.78 is 5.78. The van der Waals surface area contributed by atoms with E-state index in [-0.39, 0.29) is 0 Å². The Balaban J connectivity index is 1.54. The second-order valence-corrected chi connectivity index (χ2v) is 8.24. The van der Waals surface area contributed by atoms with Gasteiger partial charge in [0.15, 0.2) is 11.5 Å². The summed E-state index contributed by atoms with van der Waals surface area (Å²) in [6.45, 7) is 5.53. The second kappa shape index (κ2) is 12.2. The molecule has 1 aromatic heterocycles. The van der Waals surface area contributed by atoms with Crippen LogP contribution < -0.4 is 5.32 Å². The molecule has 0 spiro atoms. The number of Topliss-reactive ketones (excluding diaryl/α,β-unsaturated/α-hetero) is 1. The van der Waals surface area contributed by atoms with E-state index in [1.54, 1.807) is 24.3 Å². The molecule has 8 nitrogen and oxygen atoms in total. The van der Waals surface area contributed by atoms with Crippen LogP contribution >= 0.6 is 0 Å². The standard InChI is InChI=1S/C26H29N3O5/c1-19(31)25(24(32)18-30)27-26(33)21-9-7-20(8-10-21)5-3-4-6-22-11-12-23(34-22)17-29-15-13-28(2)14-16-29/h7-12,19,25,30-31H,13-18H2,1-2H3,(H,27,33)/t19-,25+/m1/s1. The van der Waals surface area contributed by atoms with Crippen LogP contribution in [0.15, 0.2) is 40.8 Å². The third kappa shape index (κ3) is 7.31. The molecule has 2 aromatic rings. The Hall–Kier alpha value is -3.40. The summed E-state index contributed by atoms with van der Waals surface area (Å²) in [6.07, 6.45) is -1.12. The van der Waals surface area contributed by atoms with Gasteiger partial charge in [0, 0.05) is 37.3 Å². The zero-order chi connectivity index (χ0) is 24.5. The monoisotopic (exact) mass is 463 g/mol. The van der Waals surface area contributed by atoms with Crippen LogP contribution in [-0.2, 0) is 11.3 Å². The molecule has 2 atom stereocenters. The van der Waals surface area contributed by atoms with Gasteiger partial charge in [-0.3, -0.25) is 14.5 Å². The summed E-state index contributed by atoms with van der Waals surface area (Å²) in [7, 11) is 2.13. The van der Waals surface area contributed by atoms with E-state index in [9.17, 15) is 14.7 Å². The molecule has 1 aliphatic heterocycles. The Morgan fingerprint density at radius 3 is 2.38 bits per heavy atom. The van der Waals surface area contributed by atoms with Crippen molar-refractivity contribution in [2.75, 3.05) is 39.8 Å². The largest absolute Gasteiger partial charge is 0.451 e. The van der Waals surface area contributed by atoms with Crippen molar-refractivity contribution in [1.29, 1.82) is 0 Å². The molecular formula is C26H29N3O5. The van der Waals surface area contributed by atoms with Gasteiger partial charge < -0.3 is 24.8 Å². The highest BCUT2D eigenvalue weighted by atomic mass is 16.3. The van der Waals surface area contributed by atoms with Crippen molar-refractivity contribution in [2.24, 2.45) is 0 Å². The van der Waals surface area contributed by atoms with Crippen molar-refractivity contribution in [2.45, 2.75) is 25.6 Å². The van der Waals surface area contributed by atoms with Gasteiger partial charge in [0.1, 0.15) is 18.4 Å². The molecule has 0 radical (unpaired) electrons. The van der Waals surface area contributed by atoms with Gasteiger partial charge in [-0.05, 0) is 68.1 Å². The number of piperazine rings is 1. The number of amides is 1. The molecule has 3 N–H and O–H groups in total. The molecule has 0 aliphatic carbocycles.